The van der Waals surface area contributed by atoms with Crippen LogP contribution in [0.15, 0.2) is 36.4 Å². The first kappa shape index (κ1) is 12.7. The molecule has 0 fully saturated rings. The van der Waals surface area contributed by atoms with Crippen LogP contribution in [0.5, 0.6) is 0 Å². The molecule has 0 aromatic heterocycles. The molecule has 3 nitrogen and oxygen atoms in total. The number of hydrogen-bond acceptors (Lipinski definition) is 2. The third-order valence-corrected chi connectivity index (χ3v) is 3.21. The first-order valence-electron chi connectivity index (χ1n) is 5.14. The summed E-state index contributed by atoms with van der Waals surface area (Å²) < 4.78 is 0. The maximum Gasteiger partial charge on any atom is 0.249 e. The molecule has 5 heteroatoms. The molecule has 2 aromatic rings. The van der Waals surface area contributed by atoms with Crippen molar-refractivity contribution < 1.29 is 4.79 Å². The van der Waals surface area contributed by atoms with Crippen LogP contribution in [-0.2, 0) is 0 Å². The molecule has 0 heterocycles. The van der Waals surface area contributed by atoms with Crippen LogP contribution in [0.1, 0.15) is 10.4 Å². The van der Waals surface area contributed by atoms with Crippen LogP contribution < -0.4 is 11.5 Å². The zero-order valence-corrected chi connectivity index (χ0v) is 10.8. The average Bonchev–Trinajstić information content (AvgIpc) is 2.34. The molecule has 4 N–H and O–H groups in total. The highest BCUT2D eigenvalue weighted by Gasteiger charge is 2.13. The predicted molar refractivity (Wildman–Crippen MR) is 74.8 cm³/mol. The van der Waals surface area contributed by atoms with Gasteiger partial charge in [0.2, 0.25) is 5.91 Å². The summed E-state index contributed by atoms with van der Waals surface area (Å²) in [6.07, 6.45) is 0. The number of hydrogen-bond donors (Lipinski definition) is 2. The lowest BCUT2D eigenvalue weighted by Gasteiger charge is -2.10. The summed E-state index contributed by atoms with van der Waals surface area (Å²) in [6, 6.07) is 10.1. The quantitative estimate of drug-likeness (QED) is 0.829. The number of anilines is 1. The van der Waals surface area contributed by atoms with Crippen molar-refractivity contribution in [2.45, 2.75) is 0 Å². The maximum atomic E-state index is 11.4. The Hall–Kier alpha value is -1.71. The van der Waals surface area contributed by atoms with Gasteiger partial charge in [-0.1, -0.05) is 41.4 Å². The van der Waals surface area contributed by atoms with E-state index in [2.05, 4.69) is 0 Å². The standard InChI is InChI=1S/C13H10Cl2N2O/c14-10-6-11(15)12(16)5-9(10)7-3-1-2-4-8(7)13(17)18/h1-6H,16H2,(H2,17,18). The van der Waals surface area contributed by atoms with E-state index in [0.29, 0.717) is 32.4 Å². The minimum atomic E-state index is -0.518. The molecular formula is C13H10Cl2N2O. The lowest BCUT2D eigenvalue weighted by molar-refractivity contribution is 0.100. The van der Waals surface area contributed by atoms with Crippen LogP contribution in [0.4, 0.5) is 5.69 Å². The number of primary amides is 1. The Morgan fingerprint density at radius 2 is 1.67 bits per heavy atom. The fraction of sp³-hybridized carbons (Fsp3) is 0. The van der Waals surface area contributed by atoms with Gasteiger partial charge in [-0.3, -0.25) is 4.79 Å². The molecule has 0 aliphatic heterocycles. The molecule has 1 amide bonds. The number of amides is 1. The van der Waals surface area contributed by atoms with E-state index in [9.17, 15) is 4.79 Å². The highest BCUT2D eigenvalue weighted by molar-refractivity contribution is 6.38. The summed E-state index contributed by atoms with van der Waals surface area (Å²) in [4.78, 5) is 11.4. The molecule has 18 heavy (non-hydrogen) atoms. The normalized spacial score (nSPS) is 10.3. The fourth-order valence-electron chi connectivity index (χ4n) is 1.70. The van der Waals surface area contributed by atoms with E-state index in [1.165, 1.54) is 0 Å². The zero-order chi connectivity index (χ0) is 13.3. The number of nitrogens with two attached hydrogens (primary N) is 2. The van der Waals surface area contributed by atoms with Gasteiger partial charge < -0.3 is 11.5 Å². The molecule has 0 unspecified atom stereocenters. The van der Waals surface area contributed by atoms with E-state index in [0.717, 1.165) is 0 Å². The Kier molecular flexibility index (Phi) is 3.45. The minimum Gasteiger partial charge on any atom is -0.398 e. The fourth-order valence-corrected chi connectivity index (χ4v) is 2.19. The molecular weight excluding hydrogens is 271 g/mol. The van der Waals surface area contributed by atoms with Crippen LogP contribution >= 0.6 is 23.2 Å². The smallest absolute Gasteiger partial charge is 0.249 e. The number of benzene rings is 2. The minimum absolute atomic E-state index is 0.375. The topological polar surface area (TPSA) is 69.1 Å². The van der Waals surface area contributed by atoms with Gasteiger partial charge in [0.25, 0.3) is 0 Å². The van der Waals surface area contributed by atoms with Crippen molar-refractivity contribution in [2.75, 3.05) is 5.73 Å². The zero-order valence-electron chi connectivity index (χ0n) is 9.28. The summed E-state index contributed by atoms with van der Waals surface area (Å²) in [7, 11) is 0. The van der Waals surface area contributed by atoms with Crippen LogP contribution in [0.25, 0.3) is 11.1 Å². The van der Waals surface area contributed by atoms with Crippen LogP contribution in [-0.4, -0.2) is 5.91 Å². The summed E-state index contributed by atoms with van der Waals surface area (Å²) in [5, 5.41) is 0.795. The second-order valence-corrected chi connectivity index (χ2v) is 4.58. The van der Waals surface area contributed by atoms with Gasteiger partial charge in [-0.15, -0.1) is 0 Å². The molecule has 0 bridgehead atoms. The Morgan fingerprint density at radius 3 is 2.33 bits per heavy atom. The molecule has 92 valence electrons. The van der Waals surface area contributed by atoms with E-state index >= 15 is 0 Å². The average molecular weight is 281 g/mol. The predicted octanol–water partition coefficient (Wildman–Crippen LogP) is 3.34. The van der Waals surface area contributed by atoms with Gasteiger partial charge in [-0.25, -0.2) is 0 Å². The third-order valence-electron chi connectivity index (χ3n) is 2.57. The first-order valence-corrected chi connectivity index (χ1v) is 5.90. The van der Waals surface area contributed by atoms with Crippen molar-refractivity contribution in [1.29, 1.82) is 0 Å². The van der Waals surface area contributed by atoms with Gasteiger partial charge in [0.15, 0.2) is 0 Å². The van der Waals surface area contributed by atoms with E-state index < -0.39 is 5.91 Å². The molecule has 2 aromatic carbocycles. The Morgan fingerprint density at radius 1 is 1.00 bits per heavy atom. The van der Waals surface area contributed by atoms with Crippen LogP contribution in [0.3, 0.4) is 0 Å². The second kappa shape index (κ2) is 4.88. The molecule has 2 rings (SSSR count). The first-order chi connectivity index (χ1) is 8.50. The molecule has 0 aliphatic rings. The van der Waals surface area contributed by atoms with Crippen molar-refractivity contribution in [3.63, 3.8) is 0 Å². The van der Waals surface area contributed by atoms with Gasteiger partial charge in [0.05, 0.1) is 15.7 Å². The molecule has 0 radical (unpaired) electrons. The van der Waals surface area contributed by atoms with Crippen molar-refractivity contribution >= 4 is 34.8 Å². The van der Waals surface area contributed by atoms with Gasteiger partial charge in [-0.05, 0) is 23.8 Å². The van der Waals surface area contributed by atoms with Crippen LogP contribution in [0.2, 0.25) is 10.0 Å². The van der Waals surface area contributed by atoms with E-state index in [1.807, 2.05) is 0 Å². The van der Waals surface area contributed by atoms with E-state index in [4.69, 9.17) is 34.7 Å². The number of nitrogen functional groups attached to an aromatic ring is 1. The van der Waals surface area contributed by atoms with Crippen LogP contribution in [0, 0.1) is 0 Å². The Bertz CT molecular complexity index is 626. The van der Waals surface area contributed by atoms with Gasteiger partial charge in [-0.2, -0.15) is 0 Å². The van der Waals surface area contributed by atoms with Crippen molar-refractivity contribution in [1.82, 2.24) is 0 Å². The number of rotatable bonds is 2. The monoisotopic (exact) mass is 280 g/mol. The summed E-state index contributed by atoms with van der Waals surface area (Å²) in [5.74, 6) is -0.518. The maximum absolute atomic E-state index is 11.4. The SMILES string of the molecule is NC(=O)c1ccccc1-c1cc(N)c(Cl)cc1Cl. The van der Waals surface area contributed by atoms with Gasteiger partial charge in [0.1, 0.15) is 0 Å². The largest absolute Gasteiger partial charge is 0.398 e. The number of halogens is 2. The van der Waals surface area contributed by atoms with Gasteiger partial charge in [0, 0.05) is 11.1 Å². The van der Waals surface area contributed by atoms with Crippen molar-refractivity contribution in [2.24, 2.45) is 5.73 Å². The lowest BCUT2D eigenvalue weighted by atomic mass is 9.99. The lowest BCUT2D eigenvalue weighted by Crippen LogP contribution is -2.12. The van der Waals surface area contributed by atoms with E-state index in [-0.39, 0.29) is 0 Å². The van der Waals surface area contributed by atoms with E-state index in [1.54, 1.807) is 36.4 Å². The highest BCUT2D eigenvalue weighted by atomic mass is 35.5. The van der Waals surface area contributed by atoms with Crippen molar-refractivity contribution in [3.8, 4) is 11.1 Å². The third kappa shape index (κ3) is 2.28. The summed E-state index contributed by atoms with van der Waals surface area (Å²) in [6.45, 7) is 0. The Labute approximate surface area is 114 Å². The Balaban J connectivity index is 2.69. The van der Waals surface area contributed by atoms with Gasteiger partial charge >= 0.3 is 0 Å². The molecule has 0 saturated heterocycles. The molecule has 0 saturated carbocycles. The number of carbonyl (C=O) groups is 1. The van der Waals surface area contributed by atoms with Crippen molar-refractivity contribution in [3.05, 3.63) is 52.0 Å². The molecule has 0 atom stereocenters. The number of carbonyl (C=O) groups excluding carboxylic acids is 1. The second-order valence-electron chi connectivity index (χ2n) is 3.76. The highest BCUT2D eigenvalue weighted by Crippen LogP contribution is 2.35. The molecule has 0 aliphatic carbocycles. The summed E-state index contributed by atoms with van der Waals surface area (Å²) >= 11 is 12.0. The summed E-state index contributed by atoms with van der Waals surface area (Å²) in [5.41, 5.74) is 13.1. The molecule has 0 spiro atoms.